The van der Waals surface area contributed by atoms with Crippen LogP contribution in [-0.2, 0) is 13.0 Å². The average molecular weight is 289 g/mol. The molecule has 0 atom stereocenters. The first-order chi connectivity index (χ1) is 9.54. The standard InChI is InChI=1S/C14H15N3O2S/c1-8-12(20-14(15)16-8)13(19)17-5-4-9-2-3-11(18)6-10(9)7-17/h2-3,6,18H,4-5,7H2,1H3,(H2,15,16). The van der Waals surface area contributed by atoms with E-state index < -0.39 is 0 Å². The van der Waals surface area contributed by atoms with Gasteiger partial charge in [-0.15, -0.1) is 0 Å². The summed E-state index contributed by atoms with van der Waals surface area (Å²) in [6, 6.07) is 5.33. The van der Waals surface area contributed by atoms with Crippen molar-refractivity contribution in [3.05, 3.63) is 39.9 Å². The van der Waals surface area contributed by atoms with E-state index in [-0.39, 0.29) is 11.7 Å². The molecule has 6 heteroatoms. The molecule has 2 heterocycles. The SMILES string of the molecule is Cc1nc(N)sc1C(=O)N1CCc2ccc(O)cc2C1. The second-order valence-corrected chi connectivity index (χ2v) is 5.93. The van der Waals surface area contributed by atoms with Crippen molar-refractivity contribution in [3.63, 3.8) is 0 Å². The molecule has 0 bridgehead atoms. The predicted octanol–water partition coefficient (Wildman–Crippen LogP) is 1.94. The molecule has 3 rings (SSSR count). The maximum absolute atomic E-state index is 12.5. The Labute approximate surface area is 120 Å². The number of phenols is 1. The third-order valence-electron chi connectivity index (χ3n) is 3.50. The van der Waals surface area contributed by atoms with Gasteiger partial charge in [-0.1, -0.05) is 17.4 Å². The average Bonchev–Trinajstić information content (AvgIpc) is 2.76. The van der Waals surface area contributed by atoms with Crippen LogP contribution >= 0.6 is 11.3 Å². The van der Waals surface area contributed by atoms with Crippen molar-refractivity contribution in [1.29, 1.82) is 0 Å². The third-order valence-corrected chi connectivity index (χ3v) is 4.47. The lowest BCUT2D eigenvalue weighted by Gasteiger charge is -2.28. The molecule has 0 saturated carbocycles. The molecule has 1 amide bonds. The Balaban J connectivity index is 1.86. The molecule has 20 heavy (non-hydrogen) atoms. The fourth-order valence-corrected chi connectivity index (χ4v) is 3.28. The summed E-state index contributed by atoms with van der Waals surface area (Å²) in [5.41, 5.74) is 8.51. The third kappa shape index (κ3) is 2.22. The summed E-state index contributed by atoms with van der Waals surface area (Å²) in [5.74, 6) is 0.196. The summed E-state index contributed by atoms with van der Waals surface area (Å²) in [6.07, 6.45) is 0.800. The molecule has 1 aliphatic heterocycles. The smallest absolute Gasteiger partial charge is 0.266 e. The number of amides is 1. The zero-order chi connectivity index (χ0) is 14.3. The number of aromatic nitrogens is 1. The number of nitrogens with two attached hydrogens (primary N) is 1. The van der Waals surface area contributed by atoms with Crippen LogP contribution in [0.25, 0.3) is 0 Å². The molecule has 2 aromatic rings. The normalized spacial score (nSPS) is 14.2. The van der Waals surface area contributed by atoms with E-state index in [2.05, 4.69) is 4.98 Å². The number of nitrogen functional groups attached to an aromatic ring is 1. The highest BCUT2D eigenvalue weighted by Gasteiger charge is 2.25. The Morgan fingerprint density at radius 2 is 2.25 bits per heavy atom. The van der Waals surface area contributed by atoms with Crippen molar-refractivity contribution in [3.8, 4) is 5.75 Å². The van der Waals surface area contributed by atoms with Crippen molar-refractivity contribution in [1.82, 2.24) is 9.88 Å². The van der Waals surface area contributed by atoms with Gasteiger partial charge in [0.15, 0.2) is 5.13 Å². The van der Waals surface area contributed by atoms with Gasteiger partial charge in [-0.3, -0.25) is 4.79 Å². The van der Waals surface area contributed by atoms with Crippen LogP contribution in [-0.4, -0.2) is 27.4 Å². The molecule has 0 fully saturated rings. The number of anilines is 1. The first-order valence-electron chi connectivity index (χ1n) is 6.37. The summed E-state index contributed by atoms with van der Waals surface area (Å²) in [6.45, 7) is 2.98. The predicted molar refractivity (Wildman–Crippen MR) is 77.8 cm³/mol. The number of carbonyl (C=O) groups excluding carboxylic acids is 1. The number of aryl methyl sites for hydroxylation is 1. The molecule has 0 spiro atoms. The molecule has 0 unspecified atom stereocenters. The fourth-order valence-electron chi connectivity index (χ4n) is 2.48. The van der Waals surface area contributed by atoms with Gasteiger partial charge in [-0.25, -0.2) is 4.98 Å². The van der Waals surface area contributed by atoms with E-state index in [9.17, 15) is 9.90 Å². The summed E-state index contributed by atoms with van der Waals surface area (Å²) in [4.78, 5) is 19.0. The molecular formula is C14H15N3O2S. The molecule has 0 radical (unpaired) electrons. The van der Waals surface area contributed by atoms with Crippen LogP contribution in [0.15, 0.2) is 18.2 Å². The summed E-state index contributed by atoms with van der Waals surface area (Å²) in [7, 11) is 0. The van der Waals surface area contributed by atoms with E-state index >= 15 is 0 Å². The zero-order valence-electron chi connectivity index (χ0n) is 11.1. The number of aromatic hydroxyl groups is 1. The Bertz CT molecular complexity index is 681. The van der Waals surface area contributed by atoms with Crippen LogP contribution in [0, 0.1) is 6.92 Å². The van der Waals surface area contributed by atoms with E-state index in [0.717, 1.165) is 12.0 Å². The van der Waals surface area contributed by atoms with E-state index in [1.54, 1.807) is 24.0 Å². The number of phenolic OH excluding ortho intramolecular Hbond substituents is 1. The monoisotopic (exact) mass is 289 g/mol. The van der Waals surface area contributed by atoms with Gasteiger partial charge in [0.2, 0.25) is 0 Å². The highest BCUT2D eigenvalue weighted by atomic mass is 32.1. The number of carbonyl (C=O) groups is 1. The molecule has 104 valence electrons. The van der Waals surface area contributed by atoms with Gasteiger partial charge in [-0.05, 0) is 36.6 Å². The second-order valence-electron chi connectivity index (χ2n) is 4.90. The Morgan fingerprint density at radius 1 is 1.45 bits per heavy atom. The molecule has 1 aromatic heterocycles. The Morgan fingerprint density at radius 3 is 2.95 bits per heavy atom. The Kier molecular flexibility index (Phi) is 3.10. The van der Waals surface area contributed by atoms with Gasteiger partial charge in [-0.2, -0.15) is 0 Å². The van der Waals surface area contributed by atoms with Crippen molar-refractivity contribution < 1.29 is 9.90 Å². The van der Waals surface area contributed by atoms with Crippen LogP contribution in [0.4, 0.5) is 5.13 Å². The highest BCUT2D eigenvalue weighted by molar-refractivity contribution is 7.17. The maximum atomic E-state index is 12.5. The van der Waals surface area contributed by atoms with Gasteiger partial charge in [0, 0.05) is 13.1 Å². The molecule has 0 saturated heterocycles. The second kappa shape index (κ2) is 4.79. The van der Waals surface area contributed by atoms with Gasteiger partial charge >= 0.3 is 0 Å². The largest absolute Gasteiger partial charge is 0.508 e. The van der Waals surface area contributed by atoms with Crippen LogP contribution in [0.5, 0.6) is 5.75 Å². The number of benzene rings is 1. The lowest BCUT2D eigenvalue weighted by molar-refractivity contribution is 0.0738. The van der Waals surface area contributed by atoms with Gasteiger partial charge in [0.1, 0.15) is 10.6 Å². The quantitative estimate of drug-likeness (QED) is 0.841. The number of rotatable bonds is 1. The van der Waals surface area contributed by atoms with Gasteiger partial charge in [0.25, 0.3) is 5.91 Å². The molecular weight excluding hydrogens is 274 g/mol. The van der Waals surface area contributed by atoms with Crippen LogP contribution < -0.4 is 5.73 Å². The van der Waals surface area contributed by atoms with E-state index in [0.29, 0.717) is 28.8 Å². The number of fused-ring (bicyclic) bond motifs is 1. The van der Waals surface area contributed by atoms with Crippen LogP contribution in [0.1, 0.15) is 26.5 Å². The minimum absolute atomic E-state index is 0.0364. The lowest BCUT2D eigenvalue weighted by Crippen LogP contribution is -2.35. The van der Waals surface area contributed by atoms with E-state index in [1.807, 2.05) is 6.07 Å². The molecule has 0 aliphatic carbocycles. The molecule has 5 nitrogen and oxygen atoms in total. The van der Waals surface area contributed by atoms with Gasteiger partial charge < -0.3 is 15.7 Å². The van der Waals surface area contributed by atoms with Crippen LogP contribution in [0.2, 0.25) is 0 Å². The Hall–Kier alpha value is -2.08. The number of thiazole rings is 1. The number of nitrogens with zero attached hydrogens (tertiary/aromatic N) is 2. The summed E-state index contributed by atoms with van der Waals surface area (Å²) < 4.78 is 0. The number of hydrogen-bond acceptors (Lipinski definition) is 5. The zero-order valence-corrected chi connectivity index (χ0v) is 11.9. The van der Waals surface area contributed by atoms with E-state index in [4.69, 9.17) is 5.73 Å². The minimum atomic E-state index is -0.0364. The molecule has 1 aliphatic rings. The van der Waals surface area contributed by atoms with Crippen molar-refractivity contribution in [2.45, 2.75) is 19.9 Å². The first kappa shape index (κ1) is 12.9. The first-order valence-corrected chi connectivity index (χ1v) is 7.19. The van der Waals surface area contributed by atoms with Crippen molar-refractivity contribution >= 4 is 22.4 Å². The molecule has 1 aromatic carbocycles. The topological polar surface area (TPSA) is 79.5 Å². The maximum Gasteiger partial charge on any atom is 0.266 e. The van der Waals surface area contributed by atoms with Crippen LogP contribution in [0.3, 0.4) is 0 Å². The lowest BCUT2D eigenvalue weighted by atomic mass is 9.99. The van der Waals surface area contributed by atoms with E-state index in [1.165, 1.54) is 16.9 Å². The van der Waals surface area contributed by atoms with Crippen molar-refractivity contribution in [2.24, 2.45) is 0 Å². The molecule has 3 N–H and O–H groups in total. The minimum Gasteiger partial charge on any atom is -0.508 e. The fraction of sp³-hybridized carbons (Fsp3) is 0.286. The highest BCUT2D eigenvalue weighted by Crippen LogP contribution is 2.27. The summed E-state index contributed by atoms with van der Waals surface area (Å²) >= 11 is 1.23. The van der Waals surface area contributed by atoms with Gasteiger partial charge in [0.05, 0.1) is 5.69 Å². The summed E-state index contributed by atoms with van der Waals surface area (Å²) in [5, 5.41) is 9.97. The number of hydrogen-bond donors (Lipinski definition) is 2. The van der Waals surface area contributed by atoms with Crippen molar-refractivity contribution in [2.75, 3.05) is 12.3 Å².